The quantitative estimate of drug-likeness (QED) is 0.554. The second kappa shape index (κ2) is 5.25. The maximum Gasteiger partial charge on any atom is 0.345 e. The van der Waals surface area contributed by atoms with Gasteiger partial charge in [0.1, 0.15) is 17.1 Å². The van der Waals surface area contributed by atoms with Gasteiger partial charge in [0.2, 0.25) is 0 Å². The van der Waals surface area contributed by atoms with E-state index in [1.165, 1.54) is 7.11 Å². The highest BCUT2D eigenvalue weighted by atomic mass is 16.6. The molecule has 0 aromatic carbocycles. The Balaban J connectivity index is 2.34. The zero-order valence-electron chi connectivity index (χ0n) is 10.5. The normalized spacial score (nSPS) is 26.0. The zero-order valence-corrected chi connectivity index (χ0v) is 10.5. The molecule has 1 saturated heterocycles. The van der Waals surface area contributed by atoms with Crippen molar-refractivity contribution in [3.05, 3.63) is 23.2 Å². The van der Waals surface area contributed by atoms with Crippen molar-refractivity contribution in [3.63, 3.8) is 0 Å². The Kier molecular flexibility index (Phi) is 3.69. The second-order valence-corrected chi connectivity index (χ2v) is 4.34. The van der Waals surface area contributed by atoms with Crippen molar-refractivity contribution < 1.29 is 23.8 Å². The lowest BCUT2D eigenvalue weighted by Gasteiger charge is -2.22. The van der Waals surface area contributed by atoms with E-state index >= 15 is 0 Å². The van der Waals surface area contributed by atoms with Crippen molar-refractivity contribution in [2.75, 3.05) is 7.11 Å². The van der Waals surface area contributed by atoms with Crippen LogP contribution in [-0.4, -0.2) is 25.2 Å². The number of carbonyl (C=O) groups excluding carboxylic acids is 2. The van der Waals surface area contributed by atoms with E-state index in [0.717, 1.165) is 12.8 Å². The number of methoxy groups -OCH3 is 1. The molecule has 0 aromatic rings. The van der Waals surface area contributed by atoms with E-state index in [4.69, 9.17) is 14.2 Å². The van der Waals surface area contributed by atoms with Crippen molar-refractivity contribution in [1.29, 1.82) is 0 Å². The lowest BCUT2D eigenvalue weighted by molar-refractivity contribution is -0.137. The minimum atomic E-state index is -0.528. The summed E-state index contributed by atoms with van der Waals surface area (Å²) in [6, 6.07) is 0. The summed E-state index contributed by atoms with van der Waals surface area (Å²) in [5, 5.41) is 0. The highest BCUT2D eigenvalue weighted by Crippen LogP contribution is 2.30. The second-order valence-electron chi connectivity index (χ2n) is 4.34. The van der Waals surface area contributed by atoms with Gasteiger partial charge in [-0.15, -0.1) is 0 Å². The maximum atomic E-state index is 11.8. The van der Waals surface area contributed by atoms with Crippen LogP contribution in [0.25, 0.3) is 0 Å². The Hall–Kier alpha value is -1.78. The van der Waals surface area contributed by atoms with Gasteiger partial charge in [-0.25, -0.2) is 4.79 Å². The van der Waals surface area contributed by atoms with Gasteiger partial charge in [-0.05, 0) is 25.8 Å². The Morgan fingerprint density at radius 1 is 1.44 bits per heavy atom. The molecule has 98 valence electrons. The number of esters is 2. The fourth-order valence-electron chi connectivity index (χ4n) is 2.02. The van der Waals surface area contributed by atoms with Crippen LogP contribution in [0.1, 0.15) is 32.6 Å². The fraction of sp³-hybridized carbons (Fsp3) is 0.538. The molecule has 1 atom stereocenters. The Labute approximate surface area is 105 Å². The van der Waals surface area contributed by atoms with Crippen molar-refractivity contribution in [3.8, 4) is 0 Å². The first-order valence-electron chi connectivity index (χ1n) is 6.01. The Morgan fingerprint density at radius 3 is 2.78 bits per heavy atom. The fourth-order valence-corrected chi connectivity index (χ4v) is 2.02. The number of allylic oxidation sites excluding steroid dienone is 2. The first-order valence-corrected chi connectivity index (χ1v) is 6.01. The lowest BCUT2D eigenvalue weighted by Crippen LogP contribution is -2.19. The van der Waals surface area contributed by atoms with Crippen LogP contribution in [0.4, 0.5) is 0 Å². The maximum absolute atomic E-state index is 11.8. The van der Waals surface area contributed by atoms with E-state index in [2.05, 4.69) is 0 Å². The van der Waals surface area contributed by atoms with Gasteiger partial charge in [0.05, 0.1) is 19.6 Å². The zero-order chi connectivity index (χ0) is 13.1. The molecule has 1 fully saturated rings. The van der Waals surface area contributed by atoms with Crippen molar-refractivity contribution in [2.45, 2.75) is 38.7 Å². The number of cyclic esters (lactones) is 1. The molecule has 5 heteroatoms. The smallest absolute Gasteiger partial charge is 0.345 e. The van der Waals surface area contributed by atoms with Crippen LogP contribution >= 0.6 is 0 Å². The van der Waals surface area contributed by atoms with Crippen LogP contribution in [0.5, 0.6) is 0 Å². The predicted molar refractivity (Wildman–Crippen MR) is 62.2 cm³/mol. The highest BCUT2D eigenvalue weighted by Gasteiger charge is 2.30. The van der Waals surface area contributed by atoms with Gasteiger partial charge < -0.3 is 14.2 Å². The summed E-state index contributed by atoms with van der Waals surface area (Å²) in [5.41, 5.74) is 0.245. The molecule has 2 heterocycles. The number of ether oxygens (including phenoxy) is 3. The van der Waals surface area contributed by atoms with E-state index < -0.39 is 5.97 Å². The van der Waals surface area contributed by atoms with Crippen LogP contribution in [0.3, 0.4) is 0 Å². The monoisotopic (exact) mass is 252 g/mol. The summed E-state index contributed by atoms with van der Waals surface area (Å²) in [7, 11) is 1.30. The average Bonchev–Trinajstić information content (AvgIpc) is 2.76. The van der Waals surface area contributed by atoms with Crippen molar-refractivity contribution >= 4 is 11.9 Å². The van der Waals surface area contributed by atoms with E-state index in [0.29, 0.717) is 24.4 Å². The topological polar surface area (TPSA) is 61.8 Å². The molecule has 0 saturated carbocycles. The van der Waals surface area contributed by atoms with Gasteiger partial charge in [-0.2, -0.15) is 0 Å². The first kappa shape index (κ1) is 12.7. The highest BCUT2D eigenvalue weighted by molar-refractivity contribution is 5.94. The molecular weight excluding hydrogens is 236 g/mol. The third kappa shape index (κ3) is 2.55. The van der Waals surface area contributed by atoms with Gasteiger partial charge in [0.25, 0.3) is 0 Å². The van der Waals surface area contributed by atoms with E-state index in [-0.39, 0.29) is 17.6 Å². The molecule has 2 aliphatic rings. The minimum Gasteiger partial charge on any atom is -0.490 e. The molecular formula is C13H16O5. The number of carbonyl (C=O) groups is 2. The molecule has 0 radical (unpaired) electrons. The van der Waals surface area contributed by atoms with Crippen molar-refractivity contribution in [1.82, 2.24) is 0 Å². The standard InChI is InChI=1S/C13H16O5/c1-8-4-3-5-9(17-8)12(13(15)16-2)10-6-7-11(14)18-10/h5,8H,3-4,6-7H2,1-2H3. The third-order valence-electron chi connectivity index (χ3n) is 2.94. The molecule has 0 amide bonds. The average molecular weight is 252 g/mol. The molecule has 0 aromatic heterocycles. The summed E-state index contributed by atoms with van der Waals surface area (Å²) in [6.07, 6.45) is 4.33. The van der Waals surface area contributed by atoms with Gasteiger partial charge >= 0.3 is 11.9 Å². The van der Waals surface area contributed by atoms with Crippen LogP contribution < -0.4 is 0 Å². The van der Waals surface area contributed by atoms with Crippen LogP contribution in [0, 0.1) is 0 Å². The van der Waals surface area contributed by atoms with Crippen LogP contribution in [0.15, 0.2) is 23.2 Å². The van der Waals surface area contributed by atoms with Gasteiger partial charge in [-0.1, -0.05) is 0 Å². The largest absolute Gasteiger partial charge is 0.490 e. The van der Waals surface area contributed by atoms with Gasteiger partial charge in [-0.3, -0.25) is 4.79 Å². The summed E-state index contributed by atoms with van der Waals surface area (Å²) >= 11 is 0. The number of hydrogen-bond donors (Lipinski definition) is 0. The van der Waals surface area contributed by atoms with Gasteiger partial charge in [0, 0.05) is 6.42 Å². The van der Waals surface area contributed by atoms with Crippen LogP contribution in [-0.2, 0) is 23.8 Å². The molecule has 5 nitrogen and oxygen atoms in total. The molecule has 0 aliphatic carbocycles. The van der Waals surface area contributed by atoms with Crippen LogP contribution in [0.2, 0.25) is 0 Å². The predicted octanol–water partition coefficient (Wildman–Crippen LogP) is 1.83. The lowest BCUT2D eigenvalue weighted by atomic mass is 10.1. The molecule has 0 bridgehead atoms. The Morgan fingerprint density at radius 2 is 2.22 bits per heavy atom. The third-order valence-corrected chi connectivity index (χ3v) is 2.94. The first-order chi connectivity index (χ1) is 8.61. The molecule has 2 rings (SSSR count). The minimum absolute atomic E-state index is 0.0439. The summed E-state index contributed by atoms with van der Waals surface area (Å²) in [6.45, 7) is 1.94. The molecule has 0 spiro atoms. The van der Waals surface area contributed by atoms with Gasteiger partial charge in [0.15, 0.2) is 0 Å². The van der Waals surface area contributed by atoms with E-state index in [1.54, 1.807) is 0 Å². The van der Waals surface area contributed by atoms with Crippen molar-refractivity contribution in [2.24, 2.45) is 0 Å². The molecule has 2 aliphatic heterocycles. The summed E-state index contributed by atoms with van der Waals surface area (Å²) in [5.74, 6) is -0.0339. The number of rotatable bonds is 2. The Bertz CT molecular complexity index is 433. The molecule has 1 unspecified atom stereocenters. The molecule has 0 N–H and O–H groups in total. The SMILES string of the molecule is COC(=O)C(C1=CCCC(C)O1)=C1CCC(=O)O1. The number of hydrogen-bond acceptors (Lipinski definition) is 5. The summed E-state index contributed by atoms with van der Waals surface area (Å²) in [4.78, 5) is 23.0. The van der Waals surface area contributed by atoms with E-state index in [1.807, 2.05) is 13.0 Å². The van der Waals surface area contributed by atoms with E-state index in [9.17, 15) is 9.59 Å². The summed E-state index contributed by atoms with van der Waals surface area (Å²) < 4.78 is 15.4. The molecule has 18 heavy (non-hydrogen) atoms.